The van der Waals surface area contributed by atoms with E-state index in [-0.39, 0.29) is 51.0 Å². The third-order valence-corrected chi connectivity index (χ3v) is 4.36. The molecular formula is C19H33N3O7. The van der Waals surface area contributed by atoms with E-state index in [9.17, 15) is 24.0 Å². The summed E-state index contributed by atoms with van der Waals surface area (Å²) in [6.45, 7) is 1.68. The van der Waals surface area contributed by atoms with Gasteiger partial charge in [0.15, 0.2) is 5.78 Å². The molecule has 0 spiro atoms. The number of ketones is 1. The molecule has 0 radical (unpaired) electrons. The van der Waals surface area contributed by atoms with Crippen LogP contribution in [0.2, 0.25) is 0 Å². The first-order valence-corrected chi connectivity index (χ1v) is 9.97. The standard InChI is InChI=1S/C19H33N3O7/c1-2-3-4-5-8-16(24)21-13(7-6-9-18(26)27)15(23)11-10-14(19(28)29)22-17(25)12-20/h13-14H,2-12,20H2,1H3,(H,21,24)(H,22,25)(H,26,27)(H,28,29)/t13?,14-/m0/s1. The van der Waals surface area contributed by atoms with Crippen LogP contribution in [0.15, 0.2) is 0 Å². The van der Waals surface area contributed by atoms with Crippen molar-refractivity contribution in [3.05, 3.63) is 0 Å². The minimum absolute atomic E-state index is 0.138. The Hall–Kier alpha value is -2.49. The number of carbonyl (C=O) groups excluding carboxylic acids is 3. The number of Topliss-reactive ketones (excluding diaryl/α,β-unsaturated/α-hetero) is 1. The number of hydrogen-bond acceptors (Lipinski definition) is 6. The summed E-state index contributed by atoms with van der Waals surface area (Å²) < 4.78 is 0. The van der Waals surface area contributed by atoms with Gasteiger partial charge < -0.3 is 26.6 Å². The fourth-order valence-electron chi connectivity index (χ4n) is 2.72. The van der Waals surface area contributed by atoms with Crippen molar-refractivity contribution in [2.24, 2.45) is 5.73 Å². The maximum atomic E-state index is 12.5. The van der Waals surface area contributed by atoms with Crippen molar-refractivity contribution >= 4 is 29.5 Å². The molecule has 0 aliphatic heterocycles. The van der Waals surface area contributed by atoms with E-state index in [4.69, 9.17) is 15.9 Å². The van der Waals surface area contributed by atoms with Crippen LogP contribution in [0.25, 0.3) is 0 Å². The number of nitrogens with one attached hydrogen (secondary N) is 2. The Morgan fingerprint density at radius 3 is 2.00 bits per heavy atom. The SMILES string of the molecule is CCCCCCC(=O)NC(CCCC(=O)O)C(=O)CC[C@H](NC(=O)CN)C(=O)O. The second-order valence-electron chi connectivity index (χ2n) is 6.88. The minimum atomic E-state index is -1.29. The lowest BCUT2D eigenvalue weighted by Crippen LogP contribution is -2.45. The molecule has 0 saturated carbocycles. The lowest BCUT2D eigenvalue weighted by Gasteiger charge is -2.19. The van der Waals surface area contributed by atoms with Gasteiger partial charge in [-0.2, -0.15) is 0 Å². The van der Waals surface area contributed by atoms with Crippen molar-refractivity contribution in [2.75, 3.05) is 6.54 Å². The Balaban J connectivity index is 4.79. The Morgan fingerprint density at radius 2 is 1.45 bits per heavy atom. The summed E-state index contributed by atoms with van der Waals surface area (Å²) in [6.07, 6.45) is 3.80. The fourth-order valence-corrected chi connectivity index (χ4v) is 2.72. The molecule has 1 unspecified atom stereocenters. The molecule has 0 fully saturated rings. The highest BCUT2D eigenvalue weighted by molar-refractivity contribution is 5.90. The summed E-state index contributed by atoms with van der Waals surface area (Å²) in [6, 6.07) is -2.15. The summed E-state index contributed by atoms with van der Waals surface area (Å²) in [4.78, 5) is 57.9. The number of carboxylic acids is 2. The number of carbonyl (C=O) groups is 5. The van der Waals surface area contributed by atoms with Crippen LogP contribution in [0.4, 0.5) is 0 Å². The summed E-state index contributed by atoms with van der Waals surface area (Å²) in [7, 11) is 0. The van der Waals surface area contributed by atoms with Crippen LogP contribution < -0.4 is 16.4 Å². The average molecular weight is 415 g/mol. The molecule has 0 aliphatic carbocycles. The third kappa shape index (κ3) is 13.3. The molecule has 2 atom stereocenters. The molecule has 0 aromatic heterocycles. The molecule has 29 heavy (non-hydrogen) atoms. The molecule has 10 heteroatoms. The second-order valence-corrected chi connectivity index (χ2v) is 6.88. The first-order chi connectivity index (χ1) is 13.7. The molecule has 0 aromatic rings. The molecule has 0 bridgehead atoms. The van der Waals surface area contributed by atoms with E-state index in [1.165, 1.54) is 0 Å². The highest BCUT2D eigenvalue weighted by Gasteiger charge is 2.25. The van der Waals surface area contributed by atoms with Gasteiger partial charge in [0.1, 0.15) is 6.04 Å². The van der Waals surface area contributed by atoms with E-state index in [2.05, 4.69) is 17.6 Å². The van der Waals surface area contributed by atoms with Gasteiger partial charge in [-0.3, -0.25) is 19.2 Å². The Bertz CT molecular complexity index is 566. The van der Waals surface area contributed by atoms with Gasteiger partial charge in [0.2, 0.25) is 11.8 Å². The second kappa shape index (κ2) is 15.4. The van der Waals surface area contributed by atoms with E-state index in [0.29, 0.717) is 6.42 Å². The maximum absolute atomic E-state index is 12.5. The van der Waals surface area contributed by atoms with Crippen molar-refractivity contribution in [2.45, 2.75) is 83.2 Å². The van der Waals surface area contributed by atoms with Crippen molar-refractivity contribution in [1.82, 2.24) is 10.6 Å². The first-order valence-electron chi connectivity index (χ1n) is 9.97. The van der Waals surface area contributed by atoms with Crippen molar-refractivity contribution < 1.29 is 34.2 Å². The summed E-state index contributed by atoms with van der Waals surface area (Å²) in [5.74, 6) is -3.63. The molecule has 0 aliphatic rings. The zero-order chi connectivity index (χ0) is 22.2. The van der Waals surface area contributed by atoms with Gasteiger partial charge in [-0.1, -0.05) is 26.2 Å². The van der Waals surface area contributed by atoms with Gasteiger partial charge >= 0.3 is 11.9 Å². The van der Waals surface area contributed by atoms with Gasteiger partial charge in [-0.15, -0.1) is 0 Å². The number of aliphatic carboxylic acids is 2. The maximum Gasteiger partial charge on any atom is 0.326 e. The van der Waals surface area contributed by atoms with Crippen LogP contribution in [-0.4, -0.2) is 58.4 Å². The lowest BCUT2D eigenvalue weighted by atomic mass is 9.99. The largest absolute Gasteiger partial charge is 0.481 e. The predicted octanol–water partition coefficient (Wildman–Crippen LogP) is 0.574. The summed E-state index contributed by atoms with van der Waals surface area (Å²) in [5.41, 5.74) is 5.15. The Morgan fingerprint density at radius 1 is 0.793 bits per heavy atom. The highest BCUT2D eigenvalue weighted by Crippen LogP contribution is 2.10. The van der Waals surface area contributed by atoms with Crippen LogP contribution in [0.3, 0.4) is 0 Å². The average Bonchev–Trinajstić information content (AvgIpc) is 2.66. The van der Waals surface area contributed by atoms with Crippen molar-refractivity contribution in [3.8, 4) is 0 Å². The zero-order valence-corrected chi connectivity index (χ0v) is 16.9. The van der Waals surface area contributed by atoms with Crippen molar-refractivity contribution in [1.29, 1.82) is 0 Å². The van der Waals surface area contributed by atoms with Crippen LogP contribution in [0.1, 0.15) is 71.1 Å². The topological polar surface area (TPSA) is 176 Å². The molecule has 2 amide bonds. The van der Waals surface area contributed by atoms with Crippen molar-refractivity contribution in [3.63, 3.8) is 0 Å². The van der Waals surface area contributed by atoms with Gasteiger partial charge in [-0.25, -0.2) is 4.79 Å². The van der Waals surface area contributed by atoms with Crippen LogP contribution >= 0.6 is 0 Å². The lowest BCUT2D eigenvalue weighted by molar-refractivity contribution is -0.142. The summed E-state index contributed by atoms with van der Waals surface area (Å²) >= 11 is 0. The van der Waals surface area contributed by atoms with E-state index in [1.54, 1.807) is 0 Å². The Kier molecular flexibility index (Phi) is 14.1. The smallest absolute Gasteiger partial charge is 0.326 e. The van der Waals surface area contributed by atoms with Crippen LogP contribution in [0, 0.1) is 0 Å². The van der Waals surface area contributed by atoms with E-state index >= 15 is 0 Å². The molecular weight excluding hydrogens is 382 g/mol. The molecule has 10 nitrogen and oxygen atoms in total. The third-order valence-electron chi connectivity index (χ3n) is 4.36. The number of hydrogen-bond donors (Lipinski definition) is 5. The van der Waals surface area contributed by atoms with E-state index in [0.717, 1.165) is 19.3 Å². The van der Waals surface area contributed by atoms with Gasteiger partial charge in [0.05, 0.1) is 12.6 Å². The molecule has 0 heterocycles. The molecule has 0 aromatic carbocycles. The first kappa shape index (κ1) is 26.5. The normalized spacial score (nSPS) is 12.6. The number of unbranched alkanes of at least 4 members (excludes halogenated alkanes) is 3. The van der Waals surface area contributed by atoms with Gasteiger partial charge in [0, 0.05) is 19.3 Å². The van der Waals surface area contributed by atoms with Gasteiger partial charge in [-0.05, 0) is 25.7 Å². The summed E-state index contributed by atoms with van der Waals surface area (Å²) in [5, 5.41) is 22.8. The number of amides is 2. The minimum Gasteiger partial charge on any atom is -0.481 e. The number of rotatable bonds is 17. The zero-order valence-electron chi connectivity index (χ0n) is 16.9. The van der Waals surface area contributed by atoms with Crippen LogP contribution in [-0.2, 0) is 24.0 Å². The molecule has 166 valence electrons. The fraction of sp³-hybridized carbons (Fsp3) is 0.737. The number of nitrogens with two attached hydrogens (primary N) is 1. The monoisotopic (exact) mass is 415 g/mol. The molecule has 6 N–H and O–H groups in total. The van der Waals surface area contributed by atoms with E-state index in [1.807, 2.05) is 0 Å². The molecule has 0 rings (SSSR count). The van der Waals surface area contributed by atoms with E-state index < -0.39 is 35.7 Å². The van der Waals surface area contributed by atoms with Gasteiger partial charge in [0.25, 0.3) is 0 Å². The quantitative estimate of drug-likeness (QED) is 0.214. The predicted molar refractivity (Wildman–Crippen MR) is 105 cm³/mol. The van der Waals surface area contributed by atoms with Crippen LogP contribution in [0.5, 0.6) is 0 Å². The molecule has 0 saturated heterocycles. The Labute approximate surface area is 170 Å². The number of carboxylic acid groups (broad SMARTS) is 2. The highest BCUT2D eigenvalue weighted by atomic mass is 16.4.